The first-order chi connectivity index (χ1) is 10.3. The number of anilines is 1. The number of carbonyl (C=O) groups excluding carboxylic acids is 1. The first-order valence-electron chi connectivity index (χ1n) is 7.19. The Morgan fingerprint density at radius 1 is 1.14 bits per heavy atom. The molecule has 0 unspecified atom stereocenters. The molecule has 0 radical (unpaired) electrons. The lowest BCUT2D eigenvalue weighted by Gasteiger charge is -2.24. The minimum Gasteiger partial charge on any atom is -0.307 e. The van der Waals surface area contributed by atoms with Crippen LogP contribution in [0, 0.1) is 0 Å². The molecule has 2 amide bonds. The first kappa shape index (κ1) is 13.4. The van der Waals surface area contributed by atoms with Crippen LogP contribution in [0.15, 0.2) is 54.7 Å². The normalized spacial score (nSPS) is 12.9. The zero-order valence-electron chi connectivity index (χ0n) is 12.0. The Hall–Kier alpha value is -2.55. The zero-order chi connectivity index (χ0) is 14.7. The summed E-state index contributed by atoms with van der Waals surface area (Å²) in [6.07, 6.45) is 4.71. The minimum atomic E-state index is -0.0957. The van der Waals surface area contributed by atoms with Crippen LogP contribution < -0.4 is 5.32 Å². The number of urea groups is 1. The fraction of sp³-hybridized carbons (Fsp3) is 0.167. The molecule has 1 aliphatic heterocycles. The molecule has 0 aliphatic carbocycles. The largest absolute Gasteiger partial charge is 0.326 e. The maximum Gasteiger partial charge on any atom is 0.326 e. The Kier molecular flexibility index (Phi) is 3.73. The van der Waals surface area contributed by atoms with Crippen molar-refractivity contribution in [3.05, 3.63) is 71.4 Å². The Morgan fingerprint density at radius 2 is 1.90 bits per heavy atom. The summed E-state index contributed by atoms with van der Waals surface area (Å²) in [7, 11) is 0. The van der Waals surface area contributed by atoms with Gasteiger partial charge in [0, 0.05) is 11.9 Å². The van der Waals surface area contributed by atoms with E-state index in [4.69, 9.17) is 0 Å². The van der Waals surface area contributed by atoms with Gasteiger partial charge in [-0.3, -0.25) is 4.90 Å². The molecule has 0 saturated heterocycles. The Bertz CT molecular complexity index is 691. The highest BCUT2D eigenvalue weighted by Gasteiger charge is 2.17. The van der Waals surface area contributed by atoms with Crippen molar-refractivity contribution in [1.82, 2.24) is 4.90 Å². The summed E-state index contributed by atoms with van der Waals surface area (Å²) in [5.41, 5.74) is 4.37. The van der Waals surface area contributed by atoms with Crippen molar-refractivity contribution in [2.45, 2.75) is 19.9 Å². The molecule has 106 valence electrons. The van der Waals surface area contributed by atoms with Gasteiger partial charge in [0.2, 0.25) is 0 Å². The van der Waals surface area contributed by atoms with Crippen LogP contribution in [0.25, 0.3) is 6.08 Å². The van der Waals surface area contributed by atoms with Gasteiger partial charge < -0.3 is 5.32 Å². The van der Waals surface area contributed by atoms with Crippen LogP contribution >= 0.6 is 0 Å². The van der Waals surface area contributed by atoms with E-state index in [1.54, 1.807) is 4.90 Å². The molecule has 3 rings (SSSR count). The number of benzene rings is 2. The Morgan fingerprint density at radius 3 is 2.76 bits per heavy atom. The molecule has 0 fully saturated rings. The molecule has 2 aromatic rings. The van der Waals surface area contributed by atoms with Crippen molar-refractivity contribution in [2.24, 2.45) is 0 Å². The maximum absolute atomic E-state index is 12.4. The molecule has 21 heavy (non-hydrogen) atoms. The lowest BCUT2D eigenvalue weighted by Crippen LogP contribution is -2.31. The number of nitrogens with one attached hydrogen (secondary N) is 1. The third kappa shape index (κ3) is 2.82. The molecular formula is C18H18N2O. The summed E-state index contributed by atoms with van der Waals surface area (Å²) < 4.78 is 0. The van der Waals surface area contributed by atoms with E-state index in [1.807, 2.05) is 48.7 Å². The lowest BCUT2D eigenvalue weighted by molar-refractivity contribution is 0.227. The molecule has 0 saturated carbocycles. The molecule has 1 heterocycles. The van der Waals surface area contributed by atoms with Crippen LogP contribution in [0.5, 0.6) is 0 Å². The van der Waals surface area contributed by atoms with Gasteiger partial charge in [0.05, 0.1) is 6.54 Å². The Labute approximate surface area is 124 Å². The van der Waals surface area contributed by atoms with Gasteiger partial charge in [-0.25, -0.2) is 4.79 Å². The molecule has 0 bridgehead atoms. The summed E-state index contributed by atoms with van der Waals surface area (Å²) in [5, 5.41) is 3.00. The molecule has 0 spiro atoms. The summed E-state index contributed by atoms with van der Waals surface area (Å²) in [6.45, 7) is 2.69. The zero-order valence-corrected chi connectivity index (χ0v) is 12.0. The average molecular weight is 278 g/mol. The number of carbonyl (C=O) groups is 1. The predicted molar refractivity (Wildman–Crippen MR) is 85.9 cm³/mol. The topological polar surface area (TPSA) is 32.3 Å². The Balaban J connectivity index is 1.76. The van der Waals surface area contributed by atoms with Crippen molar-refractivity contribution in [3.8, 4) is 0 Å². The van der Waals surface area contributed by atoms with Crippen LogP contribution in [-0.2, 0) is 13.0 Å². The monoisotopic (exact) mass is 278 g/mol. The fourth-order valence-corrected chi connectivity index (χ4v) is 2.52. The fourth-order valence-electron chi connectivity index (χ4n) is 2.52. The quantitative estimate of drug-likeness (QED) is 0.874. The van der Waals surface area contributed by atoms with Crippen LogP contribution in [-0.4, -0.2) is 10.9 Å². The molecule has 1 N–H and O–H groups in total. The van der Waals surface area contributed by atoms with Crippen molar-refractivity contribution < 1.29 is 4.79 Å². The second-order valence-corrected chi connectivity index (χ2v) is 5.08. The summed E-state index contributed by atoms with van der Waals surface area (Å²) >= 11 is 0. The van der Waals surface area contributed by atoms with E-state index in [2.05, 4.69) is 24.4 Å². The highest BCUT2D eigenvalue weighted by molar-refractivity contribution is 5.91. The third-order valence-electron chi connectivity index (χ3n) is 3.73. The second kappa shape index (κ2) is 5.83. The van der Waals surface area contributed by atoms with E-state index < -0.39 is 0 Å². The van der Waals surface area contributed by atoms with E-state index in [0.717, 1.165) is 17.7 Å². The average Bonchev–Trinajstić information content (AvgIpc) is 2.55. The van der Waals surface area contributed by atoms with E-state index in [9.17, 15) is 4.79 Å². The highest BCUT2D eigenvalue weighted by Crippen LogP contribution is 2.21. The number of hydrogen-bond acceptors (Lipinski definition) is 1. The van der Waals surface area contributed by atoms with E-state index in [-0.39, 0.29) is 6.03 Å². The van der Waals surface area contributed by atoms with Gasteiger partial charge in [-0.15, -0.1) is 0 Å². The summed E-state index contributed by atoms with van der Waals surface area (Å²) in [6, 6.07) is 15.9. The molecular weight excluding hydrogens is 260 g/mol. The van der Waals surface area contributed by atoms with E-state index >= 15 is 0 Å². The molecule has 0 atom stereocenters. The number of rotatable bonds is 2. The molecule has 1 aliphatic rings. The van der Waals surface area contributed by atoms with Crippen molar-refractivity contribution in [2.75, 3.05) is 5.32 Å². The third-order valence-corrected chi connectivity index (χ3v) is 3.73. The number of aryl methyl sites for hydroxylation is 1. The summed E-state index contributed by atoms with van der Waals surface area (Å²) in [5.74, 6) is 0. The van der Waals surface area contributed by atoms with Crippen molar-refractivity contribution in [3.63, 3.8) is 0 Å². The first-order valence-corrected chi connectivity index (χ1v) is 7.19. The van der Waals surface area contributed by atoms with Crippen LogP contribution in [0.2, 0.25) is 0 Å². The van der Waals surface area contributed by atoms with Crippen molar-refractivity contribution in [1.29, 1.82) is 0 Å². The molecule has 3 nitrogen and oxygen atoms in total. The van der Waals surface area contributed by atoms with Crippen LogP contribution in [0.3, 0.4) is 0 Å². The van der Waals surface area contributed by atoms with Gasteiger partial charge in [0.1, 0.15) is 0 Å². The van der Waals surface area contributed by atoms with Crippen LogP contribution in [0.4, 0.5) is 10.5 Å². The number of hydrogen-bond donors (Lipinski definition) is 1. The minimum absolute atomic E-state index is 0.0957. The van der Waals surface area contributed by atoms with E-state index in [1.165, 1.54) is 11.1 Å². The summed E-state index contributed by atoms with van der Waals surface area (Å²) in [4.78, 5) is 14.1. The number of para-hydroxylation sites is 1. The van der Waals surface area contributed by atoms with Gasteiger partial charge in [-0.2, -0.15) is 0 Å². The predicted octanol–water partition coefficient (Wildman–Crippen LogP) is 4.27. The number of nitrogens with zero attached hydrogens (tertiary/aromatic N) is 1. The number of fused-ring (bicyclic) bond motifs is 1. The lowest BCUT2D eigenvalue weighted by atomic mass is 10.0. The highest BCUT2D eigenvalue weighted by atomic mass is 16.2. The molecule has 3 heteroatoms. The SMILES string of the molecule is CCc1ccccc1NC(=O)N1C=Cc2ccccc2C1. The van der Waals surface area contributed by atoms with E-state index in [0.29, 0.717) is 6.54 Å². The molecule has 2 aromatic carbocycles. The molecule has 0 aromatic heterocycles. The second-order valence-electron chi connectivity index (χ2n) is 5.08. The maximum atomic E-state index is 12.4. The van der Waals surface area contributed by atoms with Gasteiger partial charge in [0.15, 0.2) is 0 Å². The van der Waals surface area contributed by atoms with Crippen LogP contribution in [0.1, 0.15) is 23.6 Å². The van der Waals surface area contributed by atoms with Gasteiger partial charge in [-0.1, -0.05) is 49.4 Å². The smallest absolute Gasteiger partial charge is 0.307 e. The number of amides is 2. The van der Waals surface area contributed by atoms with Gasteiger partial charge in [-0.05, 0) is 35.3 Å². The van der Waals surface area contributed by atoms with Crippen molar-refractivity contribution >= 4 is 17.8 Å². The standard InChI is InChI=1S/C18H18N2O/c1-2-14-7-5-6-10-17(14)19-18(21)20-12-11-15-8-3-4-9-16(15)13-20/h3-12H,2,13H2,1H3,(H,19,21). The van der Waals surface area contributed by atoms with Gasteiger partial charge >= 0.3 is 6.03 Å². The van der Waals surface area contributed by atoms with Gasteiger partial charge in [0.25, 0.3) is 0 Å².